The van der Waals surface area contributed by atoms with Crippen molar-refractivity contribution in [2.24, 2.45) is 5.92 Å². The Morgan fingerprint density at radius 2 is 2.14 bits per heavy atom. The molecular weight excluding hydrogens is 282 g/mol. The summed E-state index contributed by atoms with van der Waals surface area (Å²) in [6.45, 7) is 2.23. The molecule has 1 fully saturated rings. The molecule has 1 aliphatic rings. The number of carbonyl (C=O) groups excluding carboxylic acids is 1. The molecule has 1 atom stereocenters. The lowest BCUT2D eigenvalue weighted by Crippen LogP contribution is -2.42. The van der Waals surface area contributed by atoms with Gasteiger partial charge in [0.15, 0.2) is 0 Å². The average molecular weight is 301 g/mol. The largest absolute Gasteiger partial charge is 0.497 e. The van der Waals surface area contributed by atoms with E-state index in [-0.39, 0.29) is 18.5 Å². The first kappa shape index (κ1) is 14.5. The molecule has 7 heteroatoms. The number of ether oxygens (including phenoxy) is 1. The number of nitrogens with zero attached hydrogens (tertiary/aromatic N) is 5. The first-order valence-electron chi connectivity index (χ1n) is 7.36. The molecule has 3 rings (SSSR count). The van der Waals surface area contributed by atoms with Gasteiger partial charge >= 0.3 is 0 Å². The van der Waals surface area contributed by atoms with Gasteiger partial charge in [-0.05, 0) is 60.4 Å². The normalized spacial score (nSPS) is 15.4. The van der Waals surface area contributed by atoms with Crippen molar-refractivity contribution in [1.29, 1.82) is 0 Å². The van der Waals surface area contributed by atoms with Crippen molar-refractivity contribution in [3.05, 3.63) is 30.6 Å². The third kappa shape index (κ3) is 3.08. The third-order valence-electron chi connectivity index (χ3n) is 4.02. The second-order valence-electron chi connectivity index (χ2n) is 5.55. The number of carbonyl (C=O) groups is 1. The van der Waals surface area contributed by atoms with Crippen LogP contribution in [0.4, 0.5) is 5.69 Å². The lowest BCUT2D eigenvalue weighted by molar-refractivity contribution is -0.119. The molecule has 1 saturated carbocycles. The number of rotatable bonds is 6. The molecule has 0 saturated heterocycles. The van der Waals surface area contributed by atoms with Crippen LogP contribution in [0.5, 0.6) is 5.75 Å². The zero-order chi connectivity index (χ0) is 15.5. The SMILES string of the molecule is COc1ccc(N(C(=O)Cn2cnnn2)C(C)C2CC2)cc1. The number of benzene rings is 1. The van der Waals surface area contributed by atoms with E-state index in [0.717, 1.165) is 11.4 Å². The lowest BCUT2D eigenvalue weighted by atomic mass is 10.1. The highest BCUT2D eigenvalue weighted by Crippen LogP contribution is 2.37. The van der Waals surface area contributed by atoms with Crippen molar-refractivity contribution in [2.75, 3.05) is 12.0 Å². The van der Waals surface area contributed by atoms with Crippen molar-refractivity contribution in [2.45, 2.75) is 32.4 Å². The van der Waals surface area contributed by atoms with Crippen LogP contribution in [-0.4, -0.2) is 39.3 Å². The maximum atomic E-state index is 12.7. The van der Waals surface area contributed by atoms with Crippen molar-refractivity contribution in [3.8, 4) is 5.75 Å². The number of aromatic nitrogens is 4. The van der Waals surface area contributed by atoms with Gasteiger partial charge in [-0.15, -0.1) is 5.10 Å². The number of anilines is 1. The summed E-state index contributed by atoms with van der Waals surface area (Å²) in [6, 6.07) is 7.72. The average Bonchev–Trinajstić information content (AvgIpc) is 3.27. The van der Waals surface area contributed by atoms with Crippen LogP contribution in [0.3, 0.4) is 0 Å². The smallest absolute Gasteiger partial charge is 0.249 e. The zero-order valence-electron chi connectivity index (χ0n) is 12.7. The Hall–Kier alpha value is -2.44. The summed E-state index contributed by atoms with van der Waals surface area (Å²) in [6.07, 6.45) is 3.80. The molecule has 0 radical (unpaired) electrons. The van der Waals surface area contributed by atoms with Crippen molar-refractivity contribution in [3.63, 3.8) is 0 Å². The Kier molecular flexibility index (Phi) is 4.04. The van der Waals surface area contributed by atoms with E-state index in [4.69, 9.17) is 4.74 Å². The molecule has 1 unspecified atom stereocenters. The summed E-state index contributed by atoms with van der Waals surface area (Å²) in [4.78, 5) is 14.6. The quantitative estimate of drug-likeness (QED) is 0.808. The molecule has 0 N–H and O–H groups in total. The van der Waals surface area contributed by atoms with Crippen LogP contribution in [0.15, 0.2) is 30.6 Å². The molecule has 2 aromatic rings. The molecule has 1 aromatic heterocycles. The van der Waals surface area contributed by atoms with Crippen LogP contribution in [0.2, 0.25) is 0 Å². The van der Waals surface area contributed by atoms with Crippen molar-refractivity contribution in [1.82, 2.24) is 20.2 Å². The maximum absolute atomic E-state index is 12.7. The van der Waals surface area contributed by atoms with Crippen LogP contribution < -0.4 is 9.64 Å². The molecule has 22 heavy (non-hydrogen) atoms. The Morgan fingerprint density at radius 1 is 1.41 bits per heavy atom. The van der Waals surface area contributed by atoms with Gasteiger partial charge in [0.1, 0.15) is 18.6 Å². The van der Waals surface area contributed by atoms with Gasteiger partial charge in [-0.2, -0.15) is 0 Å². The molecule has 1 aromatic carbocycles. The van der Waals surface area contributed by atoms with E-state index in [0.29, 0.717) is 5.92 Å². The molecule has 0 aliphatic heterocycles. The molecule has 1 heterocycles. The first-order valence-corrected chi connectivity index (χ1v) is 7.36. The highest BCUT2D eigenvalue weighted by Gasteiger charge is 2.35. The number of amides is 1. The number of hydrogen-bond donors (Lipinski definition) is 0. The first-order chi connectivity index (χ1) is 10.7. The van der Waals surface area contributed by atoms with E-state index in [1.807, 2.05) is 29.2 Å². The van der Waals surface area contributed by atoms with Gasteiger partial charge in [0, 0.05) is 11.7 Å². The van der Waals surface area contributed by atoms with Gasteiger partial charge in [0.25, 0.3) is 0 Å². The second-order valence-corrected chi connectivity index (χ2v) is 5.55. The fourth-order valence-electron chi connectivity index (χ4n) is 2.61. The van der Waals surface area contributed by atoms with Gasteiger partial charge < -0.3 is 9.64 Å². The minimum Gasteiger partial charge on any atom is -0.497 e. The van der Waals surface area contributed by atoms with Crippen LogP contribution in [0.25, 0.3) is 0 Å². The summed E-state index contributed by atoms with van der Waals surface area (Å²) in [5.41, 5.74) is 0.873. The van der Waals surface area contributed by atoms with E-state index in [1.54, 1.807) is 7.11 Å². The van der Waals surface area contributed by atoms with Gasteiger partial charge in [-0.1, -0.05) is 0 Å². The molecule has 0 bridgehead atoms. The monoisotopic (exact) mass is 301 g/mol. The fourth-order valence-corrected chi connectivity index (χ4v) is 2.61. The molecule has 116 valence electrons. The summed E-state index contributed by atoms with van der Waals surface area (Å²) in [5.74, 6) is 1.33. The molecule has 1 amide bonds. The van der Waals surface area contributed by atoms with Gasteiger partial charge in [0.2, 0.25) is 5.91 Å². The van der Waals surface area contributed by atoms with Gasteiger partial charge in [0.05, 0.1) is 7.11 Å². The van der Waals surface area contributed by atoms with Gasteiger partial charge in [-0.3, -0.25) is 4.79 Å². The fraction of sp³-hybridized carbons (Fsp3) is 0.467. The van der Waals surface area contributed by atoms with Crippen LogP contribution >= 0.6 is 0 Å². The van der Waals surface area contributed by atoms with Crippen molar-refractivity contribution < 1.29 is 9.53 Å². The van der Waals surface area contributed by atoms with E-state index in [1.165, 1.54) is 23.9 Å². The van der Waals surface area contributed by atoms with Crippen LogP contribution in [0, 0.1) is 5.92 Å². The summed E-state index contributed by atoms with van der Waals surface area (Å²) in [5, 5.41) is 10.9. The minimum atomic E-state index is -0.0168. The molecule has 7 nitrogen and oxygen atoms in total. The Morgan fingerprint density at radius 3 is 2.68 bits per heavy atom. The van der Waals surface area contributed by atoms with E-state index in [9.17, 15) is 4.79 Å². The molecule has 0 spiro atoms. The highest BCUT2D eigenvalue weighted by atomic mass is 16.5. The van der Waals surface area contributed by atoms with Crippen molar-refractivity contribution >= 4 is 11.6 Å². The zero-order valence-corrected chi connectivity index (χ0v) is 12.7. The minimum absolute atomic E-state index is 0.0168. The van der Waals surface area contributed by atoms with E-state index in [2.05, 4.69) is 22.4 Å². The Bertz CT molecular complexity index is 622. The summed E-state index contributed by atoms with van der Waals surface area (Å²) >= 11 is 0. The Labute approximate surface area is 128 Å². The number of methoxy groups -OCH3 is 1. The number of tetrazole rings is 1. The summed E-state index contributed by atoms with van der Waals surface area (Å²) < 4.78 is 6.62. The lowest BCUT2D eigenvalue weighted by Gasteiger charge is -2.29. The summed E-state index contributed by atoms with van der Waals surface area (Å²) in [7, 11) is 1.63. The molecular formula is C15H19N5O2. The Balaban J connectivity index is 1.83. The van der Waals surface area contributed by atoms with Crippen LogP contribution in [0.1, 0.15) is 19.8 Å². The highest BCUT2D eigenvalue weighted by molar-refractivity contribution is 5.93. The second kappa shape index (κ2) is 6.13. The predicted octanol–water partition coefficient (Wildman–Crippen LogP) is 1.51. The predicted molar refractivity (Wildman–Crippen MR) is 80.5 cm³/mol. The maximum Gasteiger partial charge on any atom is 0.249 e. The third-order valence-corrected chi connectivity index (χ3v) is 4.02. The van der Waals surface area contributed by atoms with E-state index >= 15 is 0 Å². The van der Waals surface area contributed by atoms with Crippen LogP contribution in [-0.2, 0) is 11.3 Å². The standard InChI is InChI=1S/C15H19N5O2/c1-11(12-3-4-12)20(13-5-7-14(22-2)8-6-13)15(21)9-19-10-16-17-18-19/h5-8,10-12H,3-4,9H2,1-2H3. The van der Waals surface area contributed by atoms with E-state index < -0.39 is 0 Å². The number of hydrogen-bond acceptors (Lipinski definition) is 5. The topological polar surface area (TPSA) is 73.1 Å². The van der Waals surface area contributed by atoms with Gasteiger partial charge in [-0.25, -0.2) is 4.68 Å². The molecule has 1 aliphatic carbocycles.